The standard InChI is InChI=1S/C21H22N2O7/c1-28-17-10-6-4-8-15(17)20(26)22-12-11-19(25)30-13-18(24)23-16-9-5-3-7-14(16)21(27)29-2/h3-10H,11-13H2,1-2H3,(H,22,26)(H,23,24). The molecule has 0 heterocycles. The Bertz CT molecular complexity index is 927. The fraction of sp³-hybridized carbons (Fsp3) is 0.238. The van der Waals surface area contributed by atoms with Gasteiger partial charge in [0.05, 0.1) is 37.5 Å². The van der Waals surface area contributed by atoms with Crippen LogP contribution in [0.5, 0.6) is 5.75 Å². The molecule has 2 N–H and O–H groups in total. The average molecular weight is 414 g/mol. The highest BCUT2D eigenvalue weighted by atomic mass is 16.5. The molecule has 0 bridgehead atoms. The van der Waals surface area contributed by atoms with Crippen LogP contribution in [-0.2, 0) is 19.1 Å². The van der Waals surface area contributed by atoms with Crippen LogP contribution in [0.3, 0.4) is 0 Å². The summed E-state index contributed by atoms with van der Waals surface area (Å²) in [6.07, 6.45) is -0.118. The lowest BCUT2D eigenvalue weighted by molar-refractivity contribution is -0.147. The smallest absolute Gasteiger partial charge is 0.339 e. The van der Waals surface area contributed by atoms with Crippen molar-refractivity contribution in [3.63, 3.8) is 0 Å². The minimum Gasteiger partial charge on any atom is -0.496 e. The lowest BCUT2D eigenvalue weighted by Gasteiger charge is -2.10. The van der Waals surface area contributed by atoms with E-state index < -0.39 is 30.4 Å². The Labute approximate surface area is 173 Å². The molecular formula is C21H22N2O7. The topological polar surface area (TPSA) is 120 Å². The highest BCUT2D eigenvalue weighted by Gasteiger charge is 2.15. The summed E-state index contributed by atoms with van der Waals surface area (Å²) < 4.78 is 14.7. The van der Waals surface area contributed by atoms with E-state index in [9.17, 15) is 19.2 Å². The van der Waals surface area contributed by atoms with Crippen molar-refractivity contribution in [2.45, 2.75) is 6.42 Å². The first-order chi connectivity index (χ1) is 14.5. The summed E-state index contributed by atoms with van der Waals surface area (Å²) in [5.41, 5.74) is 0.769. The van der Waals surface area contributed by atoms with E-state index in [1.165, 1.54) is 26.4 Å². The molecule has 2 rings (SSSR count). The molecule has 0 aliphatic rings. The number of hydrogen-bond donors (Lipinski definition) is 2. The summed E-state index contributed by atoms with van der Waals surface area (Å²) in [6, 6.07) is 13.0. The number of hydrogen-bond acceptors (Lipinski definition) is 7. The third kappa shape index (κ3) is 6.33. The van der Waals surface area contributed by atoms with E-state index in [1.807, 2.05) is 0 Å². The maximum absolute atomic E-state index is 12.1. The number of amides is 2. The Balaban J connectivity index is 1.77. The molecule has 0 atom stereocenters. The first-order valence-electron chi connectivity index (χ1n) is 9.00. The quantitative estimate of drug-likeness (QED) is 0.600. The third-order valence-corrected chi connectivity index (χ3v) is 3.94. The van der Waals surface area contributed by atoms with E-state index in [1.54, 1.807) is 36.4 Å². The molecule has 0 spiro atoms. The van der Waals surface area contributed by atoms with Crippen molar-refractivity contribution < 1.29 is 33.4 Å². The van der Waals surface area contributed by atoms with Gasteiger partial charge in [-0.15, -0.1) is 0 Å². The molecule has 0 saturated heterocycles. The van der Waals surface area contributed by atoms with Gasteiger partial charge in [0.1, 0.15) is 5.75 Å². The lowest BCUT2D eigenvalue weighted by atomic mass is 10.2. The van der Waals surface area contributed by atoms with Gasteiger partial charge in [-0.25, -0.2) is 4.79 Å². The normalized spacial score (nSPS) is 9.93. The van der Waals surface area contributed by atoms with Crippen molar-refractivity contribution in [1.29, 1.82) is 0 Å². The van der Waals surface area contributed by atoms with Crippen LogP contribution >= 0.6 is 0 Å². The van der Waals surface area contributed by atoms with E-state index in [-0.39, 0.29) is 24.2 Å². The number of methoxy groups -OCH3 is 2. The Morgan fingerprint density at radius 3 is 2.27 bits per heavy atom. The van der Waals surface area contributed by atoms with Gasteiger partial charge in [-0.2, -0.15) is 0 Å². The predicted octanol–water partition coefficient (Wildman–Crippen LogP) is 1.78. The van der Waals surface area contributed by atoms with Gasteiger partial charge in [0, 0.05) is 6.54 Å². The van der Waals surface area contributed by atoms with E-state index >= 15 is 0 Å². The summed E-state index contributed by atoms with van der Waals surface area (Å²) >= 11 is 0. The number of anilines is 1. The van der Waals surface area contributed by atoms with E-state index in [4.69, 9.17) is 9.47 Å². The SMILES string of the molecule is COC(=O)c1ccccc1NC(=O)COC(=O)CCNC(=O)c1ccccc1OC. The Morgan fingerprint density at radius 1 is 0.900 bits per heavy atom. The molecule has 0 unspecified atom stereocenters. The second-order valence-corrected chi connectivity index (χ2v) is 5.95. The largest absolute Gasteiger partial charge is 0.496 e. The van der Waals surface area contributed by atoms with Crippen molar-refractivity contribution in [3.8, 4) is 5.75 Å². The maximum Gasteiger partial charge on any atom is 0.339 e. The summed E-state index contributed by atoms with van der Waals surface area (Å²) in [5, 5.41) is 5.08. The molecule has 9 heteroatoms. The molecule has 2 amide bonds. The van der Waals surface area contributed by atoms with Crippen LogP contribution in [0.4, 0.5) is 5.69 Å². The number of nitrogens with one attached hydrogen (secondary N) is 2. The third-order valence-electron chi connectivity index (χ3n) is 3.94. The molecular weight excluding hydrogens is 392 g/mol. The van der Waals surface area contributed by atoms with Crippen LogP contribution in [0.25, 0.3) is 0 Å². The highest BCUT2D eigenvalue weighted by Crippen LogP contribution is 2.17. The summed E-state index contributed by atoms with van der Waals surface area (Å²) in [4.78, 5) is 47.6. The van der Waals surface area contributed by atoms with Crippen molar-refractivity contribution in [1.82, 2.24) is 5.32 Å². The Morgan fingerprint density at radius 2 is 1.57 bits per heavy atom. The number of para-hydroxylation sites is 2. The average Bonchev–Trinajstić information content (AvgIpc) is 2.77. The van der Waals surface area contributed by atoms with Crippen LogP contribution in [-0.4, -0.2) is 51.1 Å². The zero-order valence-corrected chi connectivity index (χ0v) is 16.6. The maximum atomic E-state index is 12.1. The second kappa shape index (κ2) is 11.2. The van der Waals surface area contributed by atoms with Crippen LogP contribution in [0.15, 0.2) is 48.5 Å². The summed E-state index contributed by atoms with van der Waals surface area (Å²) in [5.74, 6) is -1.85. The summed E-state index contributed by atoms with van der Waals surface area (Å²) in [6.45, 7) is -0.503. The first kappa shape index (κ1) is 22.4. The van der Waals surface area contributed by atoms with E-state index in [0.29, 0.717) is 11.3 Å². The van der Waals surface area contributed by atoms with Crippen molar-refractivity contribution in [2.75, 3.05) is 32.7 Å². The Kier molecular flexibility index (Phi) is 8.37. The zero-order chi connectivity index (χ0) is 21.9. The fourth-order valence-electron chi connectivity index (χ4n) is 2.49. The monoisotopic (exact) mass is 414 g/mol. The first-order valence-corrected chi connectivity index (χ1v) is 9.00. The van der Waals surface area contributed by atoms with Crippen LogP contribution in [0, 0.1) is 0 Å². The van der Waals surface area contributed by atoms with Gasteiger partial charge in [0.2, 0.25) is 0 Å². The molecule has 30 heavy (non-hydrogen) atoms. The number of benzene rings is 2. The molecule has 9 nitrogen and oxygen atoms in total. The van der Waals surface area contributed by atoms with Crippen molar-refractivity contribution in [3.05, 3.63) is 59.7 Å². The van der Waals surface area contributed by atoms with Gasteiger partial charge in [0.25, 0.3) is 11.8 Å². The lowest BCUT2D eigenvalue weighted by Crippen LogP contribution is -2.28. The van der Waals surface area contributed by atoms with Gasteiger partial charge in [0.15, 0.2) is 6.61 Å². The molecule has 158 valence electrons. The van der Waals surface area contributed by atoms with E-state index in [0.717, 1.165) is 0 Å². The Hall–Kier alpha value is -3.88. The molecule has 0 aromatic heterocycles. The van der Waals surface area contributed by atoms with Crippen molar-refractivity contribution in [2.24, 2.45) is 0 Å². The van der Waals surface area contributed by atoms with Crippen molar-refractivity contribution >= 4 is 29.4 Å². The van der Waals surface area contributed by atoms with Crippen LogP contribution < -0.4 is 15.4 Å². The molecule has 0 saturated carbocycles. The fourth-order valence-corrected chi connectivity index (χ4v) is 2.49. The zero-order valence-electron chi connectivity index (χ0n) is 16.6. The molecule has 0 aliphatic carbocycles. The molecule has 2 aromatic rings. The second-order valence-electron chi connectivity index (χ2n) is 5.95. The van der Waals surface area contributed by atoms with Gasteiger partial charge in [-0.3, -0.25) is 14.4 Å². The number of rotatable bonds is 9. The molecule has 0 aliphatic heterocycles. The minimum absolute atomic E-state index is 0.0303. The molecule has 0 radical (unpaired) electrons. The van der Waals surface area contributed by atoms with Gasteiger partial charge >= 0.3 is 11.9 Å². The number of ether oxygens (including phenoxy) is 3. The van der Waals surface area contributed by atoms with Gasteiger partial charge in [-0.05, 0) is 24.3 Å². The predicted molar refractivity (Wildman–Crippen MR) is 107 cm³/mol. The number of carbonyl (C=O) groups is 4. The minimum atomic E-state index is -0.660. The molecule has 2 aromatic carbocycles. The van der Waals surface area contributed by atoms with Crippen LogP contribution in [0.1, 0.15) is 27.1 Å². The van der Waals surface area contributed by atoms with Crippen LogP contribution in [0.2, 0.25) is 0 Å². The van der Waals surface area contributed by atoms with Gasteiger partial charge in [-0.1, -0.05) is 24.3 Å². The van der Waals surface area contributed by atoms with E-state index in [2.05, 4.69) is 15.4 Å². The highest BCUT2D eigenvalue weighted by molar-refractivity contribution is 6.02. The number of carbonyl (C=O) groups excluding carboxylic acids is 4. The molecule has 0 fully saturated rings. The number of esters is 2. The van der Waals surface area contributed by atoms with Gasteiger partial charge < -0.3 is 24.8 Å². The summed E-state index contributed by atoms with van der Waals surface area (Å²) in [7, 11) is 2.69.